The van der Waals surface area contributed by atoms with E-state index >= 15 is 0 Å². The van der Waals surface area contributed by atoms with Crippen LogP contribution < -0.4 is 4.74 Å². The van der Waals surface area contributed by atoms with Gasteiger partial charge in [-0.1, -0.05) is 30.3 Å². The standard InChI is InChI=1S/C14H11NO5/c16-14(17)12-8-11(15(18)19)6-7-13(12)20-9-10-4-2-1-3-5-10/h1-8H,9H2,(H,16,17). The average Bonchev–Trinajstić information content (AvgIpc) is 2.45. The molecule has 0 radical (unpaired) electrons. The van der Waals surface area contributed by atoms with E-state index in [-0.39, 0.29) is 23.6 Å². The zero-order valence-electron chi connectivity index (χ0n) is 10.4. The predicted octanol–water partition coefficient (Wildman–Crippen LogP) is 2.87. The van der Waals surface area contributed by atoms with Crippen molar-refractivity contribution in [3.63, 3.8) is 0 Å². The summed E-state index contributed by atoms with van der Waals surface area (Å²) in [6, 6.07) is 12.7. The van der Waals surface area contributed by atoms with Gasteiger partial charge in [0.2, 0.25) is 0 Å². The number of non-ortho nitro benzene ring substituents is 1. The molecule has 0 spiro atoms. The van der Waals surface area contributed by atoms with Crippen LogP contribution in [0.2, 0.25) is 0 Å². The van der Waals surface area contributed by atoms with Crippen LogP contribution >= 0.6 is 0 Å². The van der Waals surface area contributed by atoms with Crippen molar-refractivity contribution in [1.29, 1.82) is 0 Å². The van der Waals surface area contributed by atoms with Crippen LogP contribution in [0.15, 0.2) is 48.5 Å². The van der Waals surface area contributed by atoms with E-state index in [1.807, 2.05) is 30.3 Å². The Hall–Kier alpha value is -2.89. The first-order chi connectivity index (χ1) is 9.58. The smallest absolute Gasteiger partial charge is 0.339 e. The van der Waals surface area contributed by atoms with E-state index in [2.05, 4.69) is 0 Å². The van der Waals surface area contributed by atoms with Gasteiger partial charge in [-0.05, 0) is 11.6 Å². The molecule has 0 saturated heterocycles. The first-order valence-electron chi connectivity index (χ1n) is 5.76. The van der Waals surface area contributed by atoms with Crippen molar-refractivity contribution >= 4 is 11.7 Å². The minimum absolute atomic E-state index is 0.104. The number of nitro groups is 1. The molecule has 0 atom stereocenters. The van der Waals surface area contributed by atoms with Crippen molar-refractivity contribution in [2.24, 2.45) is 0 Å². The summed E-state index contributed by atoms with van der Waals surface area (Å²) in [5.41, 5.74) is 0.367. The first kappa shape index (κ1) is 13.5. The Morgan fingerprint density at radius 3 is 2.50 bits per heavy atom. The van der Waals surface area contributed by atoms with Gasteiger partial charge < -0.3 is 9.84 Å². The largest absolute Gasteiger partial charge is 0.488 e. The lowest BCUT2D eigenvalue weighted by atomic mass is 10.1. The number of hydrogen-bond acceptors (Lipinski definition) is 4. The second kappa shape index (κ2) is 5.83. The lowest BCUT2D eigenvalue weighted by molar-refractivity contribution is -0.384. The van der Waals surface area contributed by atoms with Crippen molar-refractivity contribution < 1.29 is 19.6 Å². The molecule has 0 aliphatic rings. The molecule has 0 amide bonds. The molecule has 0 unspecified atom stereocenters. The Morgan fingerprint density at radius 1 is 1.20 bits per heavy atom. The van der Waals surface area contributed by atoms with Crippen molar-refractivity contribution in [2.75, 3.05) is 0 Å². The number of ether oxygens (including phenoxy) is 1. The highest BCUT2D eigenvalue weighted by molar-refractivity contribution is 5.91. The van der Waals surface area contributed by atoms with Gasteiger partial charge in [-0.15, -0.1) is 0 Å². The van der Waals surface area contributed by atoms with E-state index < -0.39 is 10.9 Å². The van der Waals surface area contributed by atoms with Crippen LogP contribution in [0.4, 0.5) is 5.69 Å². The number of nitro benzene ring substituents is 1. The zero-order valence-corrected chi connectivity index (χ0v) is 10.4. The molecule has 0 aromatic heterocycles. The summed E-state index contributed by atoms with van der Waals surface area (Å²) < 4.78 is 5.42. The normalized spacial score (nSPS) is 10.0. The quantitative estimate of drug-likeness (QED) is 0.668. The summed E-state index contributed by atoms with van der Waals surface area (Å²) in [5, 5.41) is 19.7. The molecule has 0 heterocycles. The average molecular weight is 273 g/mol. The molecule has 2 rings (SSSR count). The highest BCUT2D eigenvalue weighted by Gasteiger charge is 2.17. The van der Waals surface area contributed by atoms with E-state index in [1.54, 1.807) is 0 Å². The third-order valence-corrected chi connectivity index (χ3v) is 2.64. The Kier molecular flexibility index (Phi) is 3.95. The lowest BCUT2D eigenvalue weighted by Crippen LogP contribution is -2.04. The van der Waals surface area contributed by atoms with E-state index in [0.717, 1.165) is 11.6 Å². The minimum atomic E-state index is -1.27. The van der Waals surface area contributed by atoms with E-state index in [0.29, 0.717) is 0 Å². The molecular weight excluding hydrogens is 262 g/mol. The SMILES string of the molecule is O=C(O)c1cc([N+](=O)[O-])ccc1OCc1ccccc1. The maximum atomic E-state index is 11.1. The fraction of sp³-hybridized carbons (Fsp3) is 0.0714. The molecule has 1 N–H and O–H groups in total. The van der Waals surface area contributed by atoms with Gasteiger partial charge in [-0.3, -0.25) is 10.1 Å². The Morgan fingerprint density at radius 2 is 1.90 bits per heavy atom. The molecule has 2 aromatic rings. The molecule has 6 heteroatoms. The Balaban J connectivity index is 2.23. The predicted molar refractivity (Wildman–Crippen MR) is 70.8 cm³/mol. The van der Waals surface area contributed by atoms with Gasteiger partial charge in [0.05, 0.1) is 4.92 Å². The van der Waals surface area contributed by atoms with Crippen molar-refractivity contribution in [3.05, 3.63) is 69.8 Å². The summed E-state index contributed by atoms with van der Waals surface area (Å²) in [4.78, 5) is 21.1. The van der Waals surface area contributed by atoms with Crippen LogP contribution in [-0.2, 0) is 6.61 Å². The number of rotatable bonds is 5. The topological polar surface area (TPSA) is 89.7 Å². The zero-order chi connectivity index (χ0) is 14.5. The Labute approximate surface area is 114 Å². The number of carboxylic acids is 1. The van der Waals surface area contributed by atoms with Crippen LogP contribution in [0.3, 0.4) is 0 Å². The van der Waals surface area contributed by atoms with Gasteiger partial charge in [0.1, 0.15) is 17.9 Å². The minimum Gasteiger partial charge on any atom is -0.488 e. The van der Waals surface area contributed by atoms with Crippen molar-refractivity contribution in [1.82, 2.24) is 0 Å². The summed E-state index contributed by atoms with van der Waals surface area (Å²) in [6.07, 6.45) is 0. The number of carbonyl (C=O) groups is 1. The molecule has 0 aliphatic heterocycles. The second-order valence-electron chi connectivity index (χ2n) is 4.02. The van der Waals surface area contributed by atoms with E-state index in [9.17, 15) is 14.9 Å². The molecular formula is C14H11NO5. The third-order valence-electron chi connectivity index (χ3n) is 2.64. The van der Waals surface area contributed by atoms with Gasteiger partial charge in [-0.2, -0.15) is 0 Å². The Bertz CT molecular complexity index is 639. The van der Waals surface area contributed by atoms with Gasteiger partial charge in [-0.25, -0.2) is 4.79 Å². The molecule has 102 valence electrons. The number of benzene rings is 2. The van der Waals surface area contributed by atoms with Crippen LogP contribution in [0, 0.1) is 10.1 Å². The molecule has 0 aliphatic carbocycles. The number of aromatic carboxylic acids is 1. The summed E-state index contributed by atoms with van der Waals surface area (Å²) >= 11 is 0. The van der Waals surface area contributed by atoms with Gasteiger partial charge >= 0.3 is 5.97 Å². The molecule has 0 saturated carbocycles. The third kappa shape index (κ3) is 3.11. The molecule has 6 nitrogen and oxygen atoms in total. The molecule has 0 bridgehead atoms. The van der Waals surface area contributed by atoms with Gasteiger partial charge in [0.15, 0.2) is 0 Å². The van der Waals surface area contributed by atoms with Crippen molar-refractivity contribution in [3.8, 4) is 5.75 Å². The number of carboxylic acid groups (broad SMARTS) is 1. The highest BCUT2D eigenvalue weighted by atomic mass is 16.6. The van der Waals surface area contributed by atoms with E-state index in [4.69, 9.17) is 9.84 Å². The van der Waals surface area contributed by atoms with Crippen molar-refractivity contribution in [2.45, 2.75) is 6.61 Å². The van der Waals surface area contributed by atoms with Crippen LogP contribution in [0.1, 0.15) is 15.9 Å². The molecule has 2 aromatic carbocycles. The van der Waals surface area contributed by atoms with Gasteiger partial charge in [0, 0.05) is 12.1 Å². The summed E-state index contributed by atoms with van der Waals surface area (Å²) in [5.74, 6) is -1.16. The van der Waals surface area contributed by atoms with Crippen LogP contribution in [-0.4, -0.2) is 16.0 Å². The summed E-state index contributed by atoms with van der Waals surface area (Å²) in [7, 11) is 0. The fourth-order valence-electron chi connectivity index (χ4n) is 1.66. The second-order valence-corrected chi connectivity index (χ2v) is 4.02. The number of nitrogens with zero attached hydrogens (tertiary/aromatic N) is 1. The molecule has 20 heavy (non-hydrogen) atoms. The van der Waals surface area contributed by atoms with Crippen LogP contribution in [0.5, 0.6) is 5.75 Å². The number of hydrogen-bond donors (Lipinski definition) is 1. The lowest BCUT2D eigenvalue weighted by Gasteiger charge is -2.09. The van der Waals surface area contributed by atoms with Gasteiger partial charge in [0.25, 0.3) is 5.69 Å². The highest BCUT2D eigenvalue weighted by Crippen LogP contribution is 2.25. The van der Waals surface area contributed by atoms with Crippen LogP contribution in [0.25, 0.3) is 0 Å². The monoisotopic (exact) mass is 273 g/mol. The fourth-order valence-corrected chi connectivity index (χ4v) is 1.66. The summed E-state index contributed by atoms with van der Waals surface area (Å²) in [6.45, 7) is 0.193. The molecule has 0 fully saturated rings. The maximum Gasteiger partial charge on any atom is 0.339 e. The first-order valence-corrected chi connectivity index (χ1v) is 5.76. The maximum absolute atomic E-state index is 11.1. The van der Waals surface area contributed by atoms with E-state index in [1.165, 1.54) is 12.1 Å².